The standard InChI is InChI=1S/C11H11NO5/c1-8(11(13)14)17-10-4-2-9(3-5-10)6-7-12(15)16/h2-8H,1H3,(H,13,14)/b7-6+. The largest absolute Gasteiger partial charge is 0.479 e. The van der Waals surface area contributed by atoms with E-state index in [0.717, 1.165) is 6.20 Å². The second-order valence-electron chi connectivity index (χ2n) is 3.27. The first kappa shape index (κ1) is 12.7. The van der Waals surface area contributed by atoms with Crippen LogP contribution in [0.4, 0.5) is 0 Å². The predicted octanol–water partition coefficient (Wildman–Crippen LogP) is 1.79. The zero-order valence-corrected chi connectivity index (χ0v) is 9.07. The second-order valence-corrected chi connectivity index (χ2v) is 3.27. The topological polar surface area (TPSA) is 89.7 Å². The Kier molecular flexibility index (Phi) is 4.21. The summed E-state index contributed by atoms with van der Waals surface area (Å²) < 4.78 is 5.10. The van der Waals surface area contributed by atoms with Gasteiger partial charge in [-0.15, -0.1) is 0 Å². The summed E-state index contributed by atoms with van der Waals surface area (Å²) in [5.74, 6) is -0.652. The monoisotopic (exact) mass is 237 g/mol. The maximum absolute atomic E-state index is 10.5. The van der Waals surface area contributed by atoms with Crippen LogP contribution in [0.2, 0.25) is 0 Å². The fourth-order valence-corrected chi connectivity index (χ4v) is 1.06. The van der Waals surface area contributed by atoms with Crippen LogP contribution in [0.15, 0.2) is 30.5 Å². The Hall–Kier alpha value is -2.37. The van der Waals surface area contributed by atoms with E-state index in [0.29, 0.717) is 11.3 Å². The summed E-state index contributed by atoms with van der Waals surface area (Å²) in [6.07, 6.45) is 1.23. The van der Waals surface area contributed by atoms with Gasteiger partial charge in [0.25, 0.3) is 0 Å². The van der Waals surface area contributed by atoms with Gasteiger partial charge in [0, 0.05) is 6.08 Å². The minimum atomic E-state index is -1.05. The molecule has 6 nitrogen and oxygen atoms in total. The molecular weight excluding hydrogens is 226 g/mol. The Morgan fingerprint density at radius 3 is 2.53 bits per heavy atom. The molecule has 6 heteroatoms. The molecule has 1 aromatic carbocycles. The molecular formula is C11H11NO5. The van der Waals surface area contributed by atoms with Crippen molar-refractivity contribution < 1.29 is 19.6 Å². The van der Waals surface area contributed by atoms with Crippen molar-refractivity contribution in [1.29, 1.82) is 0 Å². The highest BCUT2D eigenvalue weighted by Crippen LogP contribution is 2.14. The number of aliphatic carboxylic acids is 1. The Balaban J connectivity index is 2.68. The maximum Gasteiger partial charge on any atom is 0.344 e. The van der Waals surface area contributed by atoms with E-state index in [2.05, 4.69) is 0 Å². The molecule has 0 aliphatic rings. The van der Waals surface area contributed by atoms with Crippen molar-refractivity contribution in [2.24, 2.45) is 0 Å². The van der Waals surface area contributed by atoms with Crippen LogP contribution >= 0.6 is 0 Å². The van der Waals surface area contributed by atoms with Crippen molar-refractivity contribution in [3.05, 3.63) is 46.1 Å². The smallest absolute Gasteiger partial charge is 0.344 e. The molecule has 0 radical (unpaired) electrons. The number of carboxylic acids is 1. The van der Waals surface area contributed by atoms with Crippen molar-refractivity contribution in [3.63, 3.8) is 0 Å². The first-order valence-corrected chi connectivity index (χ1v) is 4.80. The minimum Gasteiger partial charge on any atom is -0.479 e. The van der Waals surface area contributed by atoms with E-state index in [1.165, 1.54) is 13.0 Å². The number of ether oxygens (including phenoxy) is 1. The number of hydrogen-bond acceptors (Lipinski definition) is 4. The fraction of sp³-hybridized carbons (Fsp3) is 0.182. The third-order valence-corrected chi connectivity index (χ3v) is 1.93. The van der Waals surface area contributed by atoms with Crippen LogP contribution < -0.4 is 4.74 Å². The molecule has 1 unspecified atom stereocenters. The Labute approximate surface area is 97.3 Å². The Bertz CT molecular complexity index is 438. The fourth-order valence-electron chi connectivity index (χ4n) is 1.06. The SMILES string of the molecule is CC(Oc1ccc(/C=C/[N+](=O)[O-])cc1)C(=O)O. The summed E-state index contributed by atoms with van der Waals surface area (Å²) in [4.78, 5) is 20.1. The lowest BCUT2D eigenvalue weighted by atomic mass is 10.2. The quantitative estimate of drug-likeness (QED) is 0.622. The molecule has 17 heavy (non-hydrogen) atoms. The predicted molar refractivity (Wildman–Crippen MR) is 60.2 cm³/mol. The van der Waals surface area contributed by atoms with Gasteiger partial charge in [-0.25, -0.2) is 4.79 Å². The lowest BCUT2D eigenvalue weighted by Crippen LogP contribution is -2.22. The second kappa shape index (κ2) is 5.64. The van der Waals surface area contributed by atoms with E-state index in [4.69, 9.17) is 9.84 Å². The summed E-state index contributed by atoms with van der Waals surface area (Å²) >= 11 is 0. The Morgan fingerprint density at radius 2 is 2.06 bits per heavy atom. The summed E-state index contributed by atoms with van der Waals surface area (Å²) in [6.45, 7) is 1.42. The van der Waals surface area contributed by atoms with Crippen LogP contribution in [0.25, 0.3) is 6.08 Å². The van der Waals surface area contributed by atoms with Crippen LogP contribution in [0.3, 0.4) is 0 Å². The van der Waals surface area contributed by atoms with Crippen molar-refractivity contribution in [1.82, 2.24) is 0 Å². The molecule has 0 aliphatic heterocycles. The zero-order valence-electron chi connectivity index (χ0n) is 9.07. The molecule has 1 N–H and O–H groups in total. The molecule has 0 saturated carbocycles. The minimum absolute atomic E-state index is 0.401. The first-order valence-electron chi connectivity index (χ1n) is 4.80. The normalized spacial score (nSPS) is 12.3. The molecule has 0 heterocycles. The van der Waals surface area contributed by atoms with Crippen molar-refractivity contribution >= 4 is 12.0 Å². The average molecular weight is 237 g/mol. The molecule has 0 spiro atoms. The molecule has 0 aromatic heterocycles. The molecule has 1 aromatic rings. The third-order valence-electron chi connectivity index (χ3n) is 1.93. The van der Waals surface area contributed by atoms with Gasteiger partial charge in [-0.1, -0.05) is 12.1 Å². The molecule has 0 fully saturated rings. The number of benzene rings is 1. The van der Waals surface area contributed by atoms with E-state index in [1.807, 2.05) is 0 Å². The lowest BCUT2D eigenvalue weighted by molar-refractivity contribution is -0.400. The molecule has 1 rings (SSSR count). The van der Waals surface area contributed by atoms with E-state index in [9.17, 15) is 14.9 Å². The number of carbonyl (C=O) groups is 1. The lowest BCUT2D eigenvalue weighted by Gasteiger charge is -2.09. The van der Waals surface area contributed by atoms with E-state index < -0.39 is 17.0 Å². The molecule has 0 amide bonds. The molecule has 1 atom stereocenters. The highest BCUT2D eigenvalue weighted by atomic mass is 16.6. The number of nitrogens with zero attached hydrogens (tertiary/aromatic N) is 1. The molecule has 0 bridgehead atoms. The highest BCUT2D eigenvalue weighted by molar-refractivity contribution is 5.72. The molecule has 0 aliphatic carbocycles. The van der Waals surface area contributed by atoms with Gasteiger partial charge in [0.15, 0.2) is 6.10 Å². The number of rotatable bonds is 5. The van der Waals surface area contributed by atoms with Gasteiger partial charge < -0.3 is 9.84 Å². The number of carboxylic acid groups (broad SMARTS) is 1. The van der Waals surface area contributed by atoms with Crippen LogP contribution in [0.1, 0.15) is 12.5 Å². The van der Waals surface area contributed by atoms with Gasteiger partial charge in [-0.05, 0) is 24.6 Å². The first-order chi connectivity index (χ1) is 7.99. The summed E-state index contributed by atoms with van der Waals surface area (Å²) in [7, 11) is 0. The van der Waals surface area contributed by atoms with E-state index in [1.54, 1.807) is 24.3 Å². The molecule has 90 valence electrons. The maximum atomic E-state index is 10.5. The van der Waals surface area contributed by atoms with Gasteiger partial charge in [-0.3, -0.25) is 10.1 Å². The number of nitro groups is 1. The van der Waals surface area contributed by atoms with Gasteiger partial charge in [0.2, 0.25) is 6.20 Å². The average Bonchev–Trinajstić information content (AvgIpc) is 2.28. The van der Waals surface area contributed by atoms with Gasteiger partial charge in [0.1, 0.15) is 5.75 Å². The summed E-state index contributed by atoms with van der Waals surface area (Å²) in [5, 5.41) is 18.7. The van der Waals surface area contributed by atoms with Crippen LogP contribution in [0, 0.1) is 10.1 Å². The summed E-state index contributed by atoms with van der Waals surface area (Å²) in [6, 6.07) is 6.31. The number of hydrogen-bond donors (Lipinski definition) is 1. The van der Waals surface area contributed by atoms with Crippen LogP contribution in [-0.2, 0) is 4.79 Å². The van der Waals surface area contributed by atoms with Crippen LogP contribution in [-0.4, -0.2) is 22.1 Å². The molecule has 0 saturated heterocycles. The van der Waals surface area contributed by atoms with Gasteiger partial charge in [-0.2, -0.15) is 0 Å². The van der Waals surface area contributed by atoms with Crippen molar-refractivity contribution in [2.75, 3.05) is 0 Å². The van der Waals surface area contributed by atoms with Crippen molar-refractivity contribution in [3.8, 4) is 5.75 Å². The Morgan fingerprint density at radius 1 is 1.47 bits per heavy atom. The van der Waals surface area contributed by atoms with Crippen LogP contribution in [0.5, 0.6) is 5.75 Å². The van der Waals surface area contributed by atoms with Gasteiger partial charge >= 0.3 is 5.97 Å². The van der Waals surface area contributed by atoms with E-state index >= 15 is 0 Å². The van der Waals surface area contributed by atoms with E-state index in [-0.39, 0.29) is 0 Å². The third kappa shape index (κ3) is 4.33. The van der Waals surface area contributed by atoms with Gasteiger partial charge in [0.05, 0.1) is 4.92 Å². The highest BCUT2D eigenvalue weighted by Gasteiger charge is 2.11. The summed E-state index contributed by atoms with van der Waals surface area (Å²) in [5.41, 5.74) is 0.636. The zero-order chi connectivity index (χ0) is 12.8. The van der Waals surface area contributed by atoms with Crippen molar-refractivity contribution in [2.45, 2.75) is 13.0 Å².